The molecule has 1 aromatic carbocycles. The predicted molar refractivity (Wildman–Crippen MR) is 85.2 cm³/mol. The van der Waals surface area contributed by atoms with E-state index >= 15 is 0 Å². The van der Waals surface area contributed by atoms with Crippen molar-refractivity contribution < 1.29 is 4.79 Å². The number of anilines is 1. The largest absolute Gasteiger partial charge is 0.323 e. The molecule has 2 aromatic rings. The Kier molecular flexibility index (Phi) is 4.24. The van der Waals surface area contributed by atoms with Crippen LogP contribution >= 0.6 is 11.6 Å². The van der Waals surface area contributed by atoms with Gasteiger partial charge in [-0.2, -0.15) is 5.10 Å². The summed E-state index contributed by atoms with van der Waals surface area (Å²) in [6, 6.07) is 8.58. The summed E-state index contributed by atoms with van der Waals surface area (Å²) in [5.41, 5.74) is 2.23. The smallest absolute Gasteiger partial charge is 0.267 e. The van der Waals surface area contributed by atoms with Gasteiger partial charge >= 0.3 is 0 Å². The molecule has 1 heterocycles. The second kappa shape index (κ2) is 6.32. The van der Waals surface area contributed by atoms with Crippen molar-refractivity contribution >= 4 is 23.2 Å². The molecule has 0 aliphatic heterocycles. The molecule has 0 spiro atoms. The molecule has 114 valence electrons. The first kappa shape index (κ1) is 14.8. The fourth-order valence-electron chi connectivity index (χ4n) is 2.60. The minimum Gasteiger partial charge on any atom is -0.323 e. The van der Waals surface area contributed by atoms with Gasteiger partial charge in [-0.1, -0.05) is 23.7 Å². The summed E-state index contributed by atoms with van der Waals surface area (Å²) in [7, 11) is 0. The van der Waals surface area contributed by atoms with Crippen molar-refractivity contribution in [2.75, 3.05) is 5.32 Å². The zero-order valence-electron chi connectivity index (χ0n) is 12.0. The number of hydrogen-bond donors (Lipinski definition) is 1. The lowest BCUT2D eigenvalue weighted by Gasteiger charge is -2.15. The van der Waals surface area contributed by atoms with Gasteiger partial charge in [-0.3, -0.25) is 9.59 Å². The first-order valence-electron chi connectivity index (χ1n) is 7.28. The van der Waals surface area contributed by atoms with E-state index in [0.717, 1.165) is 36.9 Å². The molecule has 0 atom stereocenters. The maximum Gasteiger partial charge on any atom is 0.267 e. The van der Waals surface area contributed by atoms with E-state index < -0.39 is 0 Å². The lowest BCUT2D eigenvalue weighted by atomic mass is 9.97. The minimum atomic E-state index is -0.321. The minimum absolute atomic E-state index is 0.114. The second-order valence-electron chi connectivity index (χ2n) is 5.35. The second-order valence-corrected chi connectivity index (χ2v) is 5.75. The number of para-hydroxylation sites is 1. The van der Waals surface area contributed by atoms with Gasteiger partial charge in [0.1, 0.15) is 6.54 Å². The van der Waals surface area contributed by atoms with Crippen molar-refractivity contribution in [3.8, 4) is 0 Å². The van der Waals surface area contributed by atoms with Gasteiger partial charge in [0.2, 0.25) is 5.91 Å². The van der Waals surface area contributed by atoms with Gasteiger partial charge < -0.3 is 5.32 Å². The number of amides is 1. The van der Waals surface area contributed by atoms with E-state index in [1.54, 1.807) is 30.3 Å². The number of benzene rings is 1. The van der Waals surface area contributed by atoms with Crippen LogP contribution in [-0.2, 0) is 24.2 Å². The number of nitrogens with one attached hydrogen (secondary N) is 1. The SMILES string of the molecule is O=C(Cn1nc2c(cc1=O)CCCC2)Nc1ccccc1Cl. The predicted octanol–water partition coefficient (Wildman–Crippen LogP) is 2.41. The average Bonchev–Trinajstić information content (AvgIpc) is 2.50. The zero-order valence-corrected chi connectivity index (χ0v) is 12.8. The zero-order chi connectivity index (χ0) is 15.5. The van der Waals surface area contributed by atoms with Gasteiger partial charge in [-0.25, -0.2) is 4.68 Å². The topological polar surface area (TPSA) is 64.0 Å². The van der Waals surface area contributed by atoms with E-state index in [1.807, 2.05) is 0 Å². The van der Waals surface area contributed by atoms with Gasteiger partial charge in [0.15, 0.2) is 0 Å². The molecule has 1 amide bonds. The molecule has 6 heteroatoms. The molecule has 0 radical (unpaired) electrons. The van der Waals surface area contributed by atoms with Gasteiger partial charge in [-0.15, -0.1) is 0 Å². The molecule has 22 heavy (non-hydrogen) atoms. The molecule has 5 nitrogen and oxygen atoms in total. The molecule has 0 bridgehead atoms. The van der Waals surface area contributed by atoms with Crippen LogP contribution in [0.2, 0.25) is 5.02 Å². The van der Waals surface area contributed by atoms with Crippen LogP contribution in [0.5, 0.6) is 0 Å². The Bertz CT molecular complexity index is 770. The first-order chi connectivity index (χ1) is 10.6. The summed E-state index contributed by atoms with van der Waals surface area (Å²) in [5.74, 6) is -0.321. The molecule has 1 aliphatic carbocycles. The Morgan fingerprint density at radius 1 is 1.27 bits per heavy atom. The van der Waals surface area contributed by atoms with E-state index in [2.05, 4.69) is 10.4 Å². The molecule has 1 N–H and O–H groups in total. The summed E-state index contributed by atoms with van der Waals surface area (Å²) >= 11 is 6.00. The van der Waals surface area contributed by atoms with E-state index in [9.17, 15) is 9.59 Å². The number of carbonyl (C=O) groups is 1. The van der Waals surface area contributed by atoms with Crippen LogP contribution in [0.3, 0.4) is 0 Å². The highest BCUT2D eigenvalue weighted by atomic mass is 35.5. The summed E-state index contributed by atoms with van der Waals surface area (Å²) in [4.78, 5) is 24.1. The molecule has 0 saturated heterocycles. The maximum absolute atomic E-state index is 12.1. The van der Waals surface area contributed by atoms with Crippen LogP contribution in [0.4, 0.5) is 5.69 Å². The normalized spacial score (nSPS) is 13.5. The number of fused-ring (bicyclic) bond motifs is 1. The summed E-state index contributed by atoms with van der Waals surface area (Å²) in [5, 5.41) is 7.48. The highest BCUT2D eigenvalue weighted by Crippen LogP contribution is 2.20. The van der Waals surface area contributed by atoms with Crippen molar-refractivity contribution in [2.24, 2.45) is 0 Å². The molecule has 1 aliphatic rings. The molecular formula is C16H16ClN3O2. The third-order valence-electron chi connectivity index (χ3n) is 3.72. The van der Waals surface area contributed by atoms with Crippen LogP contribution < -0.4 is 10.9 Å². The van der Waals surface area contributed by atoms with Crippen molar-refractivity contribution in [2.45, 2.75) is 32.2 Å². The summed E-state index contributed by atoms with van der Waals surface area (Å²) < 4.78 is 1.22. The number of aryl methyl sites for hydroxylation is 2. The van der Waals surface area contributed by atoms with E-state index in [1.165, 1.54) is 4.68 Å². The standard InChI is InChI=1S/C16H16ClN3O2/c17-12-6-2-4-8-14(12)18-15(21)10-20-16(22)9-11-5-1-3-7-13(11)19-20/h2,4,6,8-9H,1,3,5,7,10H2,(H,18,21). The fraction of sp³-hybridized carbons (Fsp3) is 0.312. The van der Waals surface area contributed by atoms with Gasteiger partial charge in [-0.05, 0) is 43.4 Å². The van der Waals surface area contributed by atoms with Crippen LogP contribution in [0, 0.1) is 0 Å². The summed E-state index contributed by atoms with van der Waals surface area (Å²) in [6.45, 7) is -0.114. The lowest BCUT2D eigenvalue weighted by Crippen LogP contribution is -2.31. The molecule has 3 rings (SSSR count). The Morgan fingerprint density at radius 2 is 2.05 bits per heavy atom. The molecule has 0 saturated carbocycles. The first-order valence-corrected chi connectivity index (χ1v) is 7.65. The monoisotopic (exact) mass is 317 g/mol. The van der Waals surface area contributed by atoms with E-state index in [4.69, 9.17) is 11.6 Å². The molecule has 0 unspecified atom stereocenters. The van der Waals surface area contributed by atoms with E-state index in [-0.39, 0.29) is 18.0 Å². The highest BCUT2D eigenvalue weighted by molar-refractivity contribution is 6.33. The summed E-state index contributed by atoms with van der Waals surface area (Å²) in [6.07, 6.45) is 3.92. The number of carbonyl (C=O) groups excluding carboxylic acids is 1. The third-order valence-corrected chi connectivity index (χ3v) is 4.04. The Labute approximate surface area is 132 Å². The number of aromatic nitrogens is 2. The van der Waals surface area contributed by atoms with Crippen molar-refractivity contribution in [1.29, 1.82) is 0 Å². The number of hydrogen-bond acceptors (Lipinski definition) is 3. The fourth-order valence-corrected chi connectivity index (χ4v) is 2.79. The van der Waals surface area contributed by atoms with Crippen LogP contribution in [-0.4, -0.2) is 15.7 Å². The Hall–Kier alpha value is -2.14. The Balaban J connectivity index is 1.77. The number of rotatable bonds is 3. The lowest BCUT2D eigenvalue weighted by molar-refractivity contribution is -0.117. The van der Waals surface area contributed by atoms with Crippen LogP contribution in [0.25, 0.3) is 0 Å². The molecular weight excluding hydrogens is 302 g/mol. The van der Waals surface area contributed by atoms with Crippen molar-refractivity contribution in [3.63, 3.8) is 0 Å². The van der Waals surface area contributed by atoms with Crippen LogP contribution in [0.15, 0.2) is 35.1 Å². The highest BCUT2D eigenvalue weighted by Gasteiger charge is 2.15. The molecule has 1 aromatic heterocycles. The van der Waals surface area contributed by atoms with Gasteiger partial charge in [0.05, 0.1) is 16.4 Å². The number of halogens is 1. The van der Waals surface area contributed by atoms with E-state index in [0.29, 0.717) is 10.7 Å². The quantitative estimate of drug-likeness (QED) is 0.945. The maximum atomic E-state index is 12.1. The number of nitrogens with zero attached hydrogens (tertiary/aromatic N) is 2. The van der Waals surface area contributed by atoms with Crippen molar-refractivity contribution in [3.05, 3.63) is 57.0 Å². The Morgan fingerprint density at radius 3 is 2.86 bits per heavy atom. The van der Waals surface area contributed by atoms with Gasteiger partial charge in [0.25, 0.3) is 5.56 Å². The molecule has 0 fully saturated rings. The van der Waals surface area contributed by atoms with Gasteiger partial charge in [0, 0.05) is 6.07 Å². The average molecular weight is 318 g/mol. The van der Waals surface area contributed by atoms with Crippen LogP contribution in [0.1, 0.15) is 24.1 Å². The third kappa shape index (κ3) is 3.20. The van der Waals surface area contributed by atoms with Crippen molar-refractivity contribution in [1.82, 2.24) is 9.78 Å².